The molecular weight excluding hydrogens is 357 g/mol. The molecule has 8 heteroatoms. The van der Waals surface area contributed by atoms with Gasteiger partial charge in [-0.2, -0.15) is 13.2 Å². The lowest BCUT2D eigenvalue weighted by Crippen LogP contribution is -2.16. The van der Waals surface area contributed by atoms with E-state index in [0.717, 1.165) is 12.1 Å². The van der Waals surface area contributed by atoms with Crippen molar-refractivity contribution < 1.29 is 18.0 Å². The number of carbonyl (C=O) groups excluding carboxylic acids is 1. The first-order chi connectivity index (χ1) is 12.7. The number of nitrogens with two attached hydrogens (primary N) is 1. The minimum atomic E-state index is -4.40. The molecule has 0 aliphatic heterocycles. The maximum atomic E-state index is 12.7. The van der Waals surface area contributed by atoms with Crippen molar-refractivity contribution in [3.63, 3.8) is 0 Å². The zero-order valence-corrected chi connectivity index (χ0v) is 14.7. The Bertz CT molecular complexity index is 975. The van der Waals surface area contributed by atoms with E-state index in [1.165, 1.54) is 18.5 Å². The van der Waals surface area contributed by atoms with Gasteiger partial charge in [-0.3, -0.25) is 9.36 Å². The third kappa shape index (κ3) is 3.69. The number of halogens is 3. The molecular formula is C19H17F3N4O. The summed E-state index contributed by atoms with van der Waals surface area (Å²) in [6.07, 6.45) is -2.91. The summed E-state index contributed by atoms with van der Waals surface area (Å²) in [7, 11) is 0. The SMILES string of the molecule is CC(C)c1nncn1-c1ccc(-c2ccc(C(F)(F)F)cc2)cc1C(N)=O. The van der Waals surface area contributed by atoms with Crippen LogP contribution in [0.3, 0.4) is 0 Å². The molecule has 140 valence electrons. The van der Waals surface area contributed by atoms with E-state index in [1.54, 1.807) is 22.8 Å². The lowest BCUT2D eigenvalue weighted by Gasteiger charge is -2.14. The lowest BCUT2D eigenvalue weighted by atomic mass is 10.00. The Morgan fingerprint density at radius 2 is 1.70 bits per heavy atom. The first-order valence-electron chi connectivity index (χ1n) is 8.20. The number of carbonyl (C=O) groups is 1. The summed E-state index contributed by atoms with van der Waals surface area (Å²) in [4.78, 5) is 12.0. The van der Waals surface area contributed by atoms with Crippen LogP contribution in [0.2, 0.25) is 0 Å². The predicted octanol–water partition coefficient (Wildman–Crippen LogP) is 4.18. The Balaban J connectivity index is 2.07. The first-order valence-corrected chi connectivity index (χ1v) is 8.20. The Labute approximate surface area is 153 Å². The van der Waals surface area contributed by atoms with Gasteiger partial charge in [0, 0.05) is 5.92 Å². The Morgan fingerprint density at radius 3 is 2.26 bits per heavy atom. The molecule has 3 rings (SSSR count). The van der Waals surface area contributed by atoms with Crippen molar-refractivity contribution >= 4 is 5.91 Å². The van der Waals surface area contributed by atoms with Crippen molar-refractivity contribution in [2.45, 2.75) is 25.9 Å². The Kier molecular flexibility index (Phi) is 4.73. The highest BCUT2D eigenvalue weighted by Crippen LogP contribution is 2.32. The minimum Gasteiger partial charge on any atom is -0.366 e. The lowest BCUT2D eigenvalue weighted by molar-refractivity contribution is -0.137. The van der Waals surface area contributed by atoms with Gasteiger partial charge < -0.3 is 5.73 Å². The zero-order valence-electron chi connectivity index (χ0n) is 14.7. The number of rotatable bonds is 4. The highest BCUT2D eigenvalue weighted by atomic mass is 19.4. The molecule has 0 spiro atoms. The maximum Gasteiger partial charge on any atom is 0.416 e. The molecule has 0 fully saturated rings. The van der Waals surface area contributed by atoms with E-state index in [0.29, 0.717) is 22.6 Å². The molecule has 0 unspecified atom stereocenters. The molecule has 2 aromatic carbocycles. The van der Waals surface area contributed by atoms with Crippen molar-refractivity contribution in [2.75, 3.05) is 0 Å². The average Bonchev–Trinajstić information content (AvgIpc) is 3.10. The molecule has 27 heavy (non-hydrogen) atoms. The van der Waals surface area contributed by atoms with Crippen molar-refractivity contribution in [3.8, 4) is 16.8 Å². The molecule has 0 aliphatic carbocycles. The molecule has 1 amide bonds. The number of alkyl halides is 3. The fourth-order valence-electron chi connectivity index (χ4n) is 2.80. The van der Waals surface area contributed by atoms with E-state index in [1.807, 2.05) is 13.8 Å². The quantitative estimate of drug-likeness (QED) is 0.745. The number of amides is 1. The largest absolute Gasteiger partial charge is 0.416 e. The van der Waals surface area contributed by atoms with Crippen LogP contribution in [0, 0.1) is 0 Å². The summed E-state index contributed by atoms with van der Waals surface area (Å²) in [6, 6.07) is 9.69. The summed E-state index contributed by atoms with van der Waals surface area (Å²) in [5.41, 5.74) is 6.68. The summed E-state index contributed by atoms with van der Waals surface area (Å²) < 4.78 is 39.9. The number of nitrogens with zero attached hydrogens (tertiary/aromatic N) is 3. The van der Waals surface area contributed by atoms with Gasteiger partial charge in [0.2, 0.25) is 0 Å². The molecule has 3 aromatic rings. The van der Waals surface area contributed by atoms with Gasteiger partial charge in [0.25, 0.3) is 5.91 Å². The monoisotopic (exact) mass is 374 g/mol. The van der Waals surface area contributed by atoms with E-state index in [4.69, 9.17) is 5.73 Å². The molecule has 2 N–H and O–H groups in total. The second-order valence-corrected chi connectivity index (χ2v) is 6.39. The standard InChI is InChI=1S/C19H17F3N4O/c1-11(2)18-25-24-10-26(18)16-8-5-13(9-15(16)17(23)27)12-3-6-14(7-4-12)19(20,21)22/h3-11H,1-2H3,(H2,23,27). The van der Waals surface area contributed by atoms with E-state index < -0.39 is 17.6 Å². The fraction of sp³-hybridized carbons (Fsp3) is 0.211. The van der Waals surface area contributed by atoms with Gasteiger partial charge in [-0.05, 0) is 35.4 Å². The van der Waals surface area contributed by atoms with Crippen molar-refractivity contribution in [3.05, 3.63) is 65.7 Å². The van der Waals surface area contributed by atoms with Gasteiger partial charge in [-0.25, -0.2) is 0 Å². The number of benzene rings is 2. The molecule has 1 aromatic heterocycles. The number of primary amides is 1. The number of aromatic nitrogens is 3. The second-order valence-electron chi connectivity index (χ2n) is 6.39. The van der Waals surface area contributed by atoms with Gasteiger partial charge in [0.1, 0.15) is 12.2 Å². The second kappa shape index (κ2) is 6.86. The van der Waals surface area contributed by atoms with Gasteiger partial charge in [0.05, 0.1) is 16.8 Å². The fourth-order valence-corrected chi connectivity index (χ4v) is 2.80. The van der Waals surface area contributed by atoms with E-state index >= 15 is 0 Å². The summed E-state index contributed by atoms with van der Waals surface area (Å²) in [5, 5.41) is 7.95. The summed E-state index contributed by atoms with van der Waals surface area (Å²) in [6.45, 7) is 3.89. The van der Waals surface area contributed by atoms with E-state index in [-0.39, 0.29) is 11.5 Å². The van der Waals surface area contributed by atoms with Crippen LogP contribution < -0.4 is 5.73 Å². The topological polar surface area (TPSA) is 73.8 Å². The van der Waals surface area contributed by atoms with Crippen molar-refractivity contribution in [1.29, 1.82) is 0 Å². The smallest absolute Gasteiger partial charge is 0.366 e. The van der Waals surface area contributed by atoms with Gasteiger partial charge in [-0.15, -0.1) is 10.2 Å². The van der Waals surface area contributed by atoms with Crippen LogP contribution in [-0.2, 0) is 6.18 Å². The van der Waals surface area contributed by atoms with Crippen LogP contribution in [0.5, 0.6) is 0 Å². The summed E-state index contributed by atoms with van der Waals surface area (Å²) in [5.74, 6) is 0.0877. The van der Waals surface area contributed by atoms with Gasteiger partial charge in [0.15, 0.2) is 0 Å². The molecule has 0 saturated carbocycles. The van der Waals surface area contributed by atoms with Crippen LogP contribution >= 0.6 is 0 Å². The normalized spacial score (nSPS) is 11.8. The molecule has 1 heterocycles. The predicted molar refractivity (Wildman–Crippen MR) is 94.4 cm³/mol. The van der Waals surface area contributed by atoms with Gasteiger partial charge in [-0.1, -0.05) is 32.0 Å². The van der Waals surface area contributed by atoms with Gasteiger partial charge >= 0.3 is 6.18 Å². The molecule has 5 nitrogen and oxygen atoms in total. The average molecular weight is 374 g/mol. The van der Waals surface area contributed by atoms with Crippen LogP contribution in [-0.4, -0.2) is 20.7 Å². The highest BCUT2D eigenvalue weighted by Gasteiger charge is 2.30. The molecule has 0 atom stereocenters. The molecule has 0 aliphatic rings. The Hall–Kier alpha value is -3.16. The minimum absolute atomic E-state index is 0.0721. The van der Waals surface area contributed by atoms with Crippen LogP contribution in [0.1, 0.15) is 41.5 Å². The van der Waals surface area contributed by atoms with Crippen LogP contribution in [0.15, 0.2) is 48.8 Å². The highest BCUT2D eigenvalue weighted by molar-refractivity contribution is 5.98. The summed E-state index contributed by atoms with van der Waals surface area (Å²) >= 11 is 0. The molecule has 0 radical (unpaired) electrons. The van der Waals surface area contributed by atoms with E-state index in [2.05, 4.69) is 10.2 Å². The maximum absolute atomic E-state index is 12.7. The first kappa shape index (κ1) is 18.6. The van der Waals surface area contributed by atoms with Crippen LogP contribution in [0.4, 0.5) is 13.2 Å². The third-order valence-electron chi connectivity index (χ3n) is 4.16. The Morgan fingerprint density at radius 1 is 1.07 bits per heavy atom. The molecule has 0 saturated heterocycles. The number of hydrogen-bond donors (Lipinski definition) is 1. The zero-order chi connectivity index (χ0) is 19.8. The molecule has 0 bridgehead atoms. The van der Waals surface area contributed by atoms with Crippen molar-refractivity contribution in [1.82, 2.24) is 14.8 Å². The number of hydrogen-bond acceptors (Lipinski definition) is 3. The van der Waals surface area contributed by atoms with E-state index in [9.17, 15) is 18.0 Å². The van der Waals surface area contributed by atoms with Crippen LogP contribution in [0.25, 0.3) is 16.8 Å². The third-order valence-corrected chi connectivity index (χ3v) is 4.16. The van der Waals surface area contributed by atoms with Crippen molar-refractivity contribution in [2.24, 2.45) is 5.73 Å².